The van der Waals surface area contributed by atoms with Gasteiger partial charge in [0.1, 0.15) is 5.75 Å². The predicted molar refractivity (Wildman–Crippen MR) is 63.8 cm³/mol. The van der Waals surface area contributed by atoms with Gasteiger partial charge in [0.15, 0.2) is 0 Å². The molecule has 1 aliphatic carbocycles. The molecular formula is C14H17F3O. The second kappa shape index (κ2) is 4.18. The zero-order valence-electron chi connectivity index (χ0n) is 10.8. The van der Waals surface area contributed by atoms with Gasteiger partial charge in [-0.3, -0.25) is 0 Å². The minimum absolute atomic E-state index is 0.0139. The number of hydrogen-bond donors (Lipinski definition) is 0. The highest BCUT2D eigenvalue weighted by Gasteiger charge is 2.38. The van der Waals surface area contributed by atoms with Gasteiger partial charge in [-0.05, 0) is 24.3 Å². The standard InChI is InChI=1S/C14H17F3O/c1-13(2,3)10-5-4-6-11(14(15,16)17)12(10)18-9-7-8-9/h4-6,9H,7-8H2,1-3H3. The first kappa shape index (κ1) is 13.2. The molecule has 0 amide bonds. The fourth-order valence-corrected chi connectivity index (χ4v) is 1.83. The summed E-state index contributed by atoms with van der Waals surface area (Å²) in [5.74, 6) is 0.0139. The number of alkyl halides is 3. The molecule has 0 radical (unpaired) electrons. The van der Waals surface area contributed by atoms with E-state index in [2.05, 4.69) is 0 Å². The predicted octanol–water partition coefficient (Wildman–Crippen LogP) is 4.54. The lowest BCUT2D eigenvalue weighted by atomic mass is 9.85. The zero-order chi connectivity index (χ0) is 13.6. The van der Waals surface area contributed by atoms with Crippen molar-refractivity contribution in [3.8, 4) is 5.75 Å². The van der Waals surface area contributed by atoms with Gasteiger partial charge in [0.05, 0.1) is 11.7 Å². The third-order valence-electron chi connectivity index (χ3n) is 2.94. The first-order valence-electron chi connectivity index (χ1n) is 6.07. The Kier molecular flexibility index (Phi) is 3.07. The van der Waals surface area contributed by atoms with Crippen LogP contribution in [0.4, 0.5) is 13.2 Å². The van der Waals surface area contributed by atoms with E-state index in [1.165, 1.54) is 6.07 Å². The highest BCUT2D eigenvalue weighted by Crippen LogP contribution is 2.44. The van der Waals surface area contributed by atoms with E-state index in [0.717, 1.165) is 18.9 Å². The lowest BCUT2D eigenvalue weighted by Gasteiger charge is -2.25. The number of ether oxygens (including phenoxy) is 1. The molecule has 0 heterocycles. The summed E-state index contributed by atoms with van der Waals surface area (Å²) >= 11 is 0. The van der Waals surface area contributed by atoms with Crippen molar-refractivity contribution in [1.29, 1.82) is 0 Å². The van der Waals surface area contributed by atoms with Crippen LogP contribution in [0.15, 0.2) is 18.2 Å². The number of para-hydroxylation sites is 1. The van der Waals surface area contributed by atoms with Gasteiger partial charge in [0.25, 0.3) is 0 Å². The van der Waals surface area contributed by atoms with Crippen molar-refractivity contribution in [2.75, 3.05) is 0 Å². The van der Waals surface area contributed by atoms with Crippen molar-refractivity contribution in [2.45, 2.75) is 51.3 Å². The summed E-state index contributed by atoms with van der Waals surface area (Å²) in [7, 11) is 0. The summed E-state index contributed by atoms with van der Waals surface area (Å²) in [6, 6.07) is 4.25. The molecule has 0 aliphatic heterocycles. The molecular weight excluding hydrogens is 241 g/mol. The van der Waals surface area contributed by atoms with E-state index in [1.807, 2.05) is 20.8 Å². The van der Waals surface area contributed by atoms with Gasteiger partial charge in [0.2, 0.25) is 0 Å². The van der Waals surface area contributed by atoms with Gasteiger partial charge < -0.3 is 4.74 Å². The van der Waals surface area contributed by atoms with Crippen LogP contribution in [-0.2, 0) is 11.6 Å². The third-order valence-corrected chi connectivity index (χ3v) is 2.94. The highest BCUT2D eigenvalue weighted by atomic mass is 19.4. The van der Waals surface area contributed by atoms with E-state index in [4.69, 9.17) is 4.74 Å². The van der Waals surface area contributed by atoms with Gasteiger partial charge >= 0.3 is 6.18 Å². The molecule has 1 aromatic carbocycles. The van der Waals surface area contributed by atoms with Crippen molar-refractivity contribution in [3.05, 3.63) is 29.3 Å². The molecule has 0 aromatic heterocycles. The van der Waals surface area contributed by atoms with Gasteiger partial charge in [0, 0.05) is 5.56 Å². The van der Waals surface area contributed by atoms with Crippen LogP contribution in [0.5, 0.6) is 5.75 Å². The Balaban J connectivity index is 2.52. The zero-order valence-corrected chi connectivity index (χ0v) is 10.8. The maximum absolute atomic E-state index is 13.0. The first-order valence-corrected chi connectivity index (χ1v) is 6.07. The van der Waals surface area contributed by atoms with E-state index < -0.39 is 11.7 Å². The molecule has 0 spiro atoms. The maximum atomic E-state index is 13.0. The Morgan fingerprint density at radius 1 is 1.06 bits per heavy atom. The number of halogens is 3. The SMILES string of the molecule is CC(C)(C)c1cccc(C(F)(F)F)c1OC1CC1. The molecule has 18 heavy (non-hydrogen) atoms. The second-order valence-corrected chi connectivity index (χ2v) is 5.75. The number of hydrogen-bond acceptors (Lipinski definition) is 1. The summed E-state index contributed by atoms with van der Waals surface area (Å²) in [5, 5.41) is 0. The van der Waals surface area contributed by atoms with Gasteiger partial charge in [-0.15, -0.1) is 0 Å². The second-order valence-electron chi connectivity index (χ2n) is 5.75. The third kappa shape index (κ3) is 2.79. The Hall–Kier alpha value is -1.19. The van der Waals surface area contributed by atoms with Crippen LogP contribution in [0.1, 0.15) is 44.7 Å². The molecule has 1 nitrogen and oxygen atoms in total. The summed E-state index contributed by atoms with van der Waals surface area (Å²) in [4.78, 5) is 0. The van der Waals surface area contributed by atoms with Crippen LogP contribution in [0, 0.1) is 0 Å². The van der Waals surface area contributed by atoms with Crippen molar-refractivity contribution in [3.63, 3.8) is 0 Å². The van der Waals surface area contributed by atoms with Crippen LogP contribution in [0.25, 0.3) is 0 Å². The summed E-state index contributed by atoms with van der Waals surface area (Å²) in [6.45, 7) is 5.67. The van der Waals surface area contributed by atoms with Crippen molar-refractivity contribution < 1.29 is 17.9 Å². The molecule has 1 fully saturated rings. The largest absolute Gasteiger partial charge is 0.489 e. The first-order chi connectivity index (χ1) is 8.19. The molecule has 0 saturated heterocycles. The Labute approximate surface area is 105 Å². The Morgan fingerprint density at radius 3 is 2.06 bits per heavy atom. The molecule has 4 heteroatoms. The maximum Gasteiger partial charge on any atom is 0.419 e. The lowest BCUT2D eigenvalue weighted by Crippen LogP contribution is -2.18. The highest BCUT2D eigenvalue weighted by molar-refractivity contribution is 5.47. The van der Waals surface area contributed by atoms with E-state index in [-0.39, 0.29) is 17.3 Å². The van der Waals surface area contributed by atoms with Gasteiger partial charge in [-0.2, -0.15) is 13.2 Å². The molecule has 0 atom stereocenters. The van der Waals surface area contributed by atoms with Gasteiger partial charge in [-0.1, -0.05) is 32.9 Å². The molecule has 0 unspecified atom stereocenters. The molecule has 0 bridgehead atoms. The van der Waals surface area contributed by atoms with Gasteiger partial charge in [-0.25, -0.2) is 0 Å². The molecule has 1 saturated carbocycles. The fourth-order valence-electron chi connectivity index (χ4n) is 1.83. The smallest absolute Gasteiger partial charge is 0.419 e. The minimum atomic E-state index is -4.37. The lowest BCUT2D eigenvalue weighted by molar-refractivity contribution is -0.139. The van der Waals surface area contributed by atoms with Crippen LogP contribution in [-0.4, -0.2) is 6.10 Å². The molecule has 0 N–H and O–H groups in total. The van der Waals surface area contributed by atoms with E-state index in [1.54, 1.807) is 6.07 Å². The monoisotopic (exact) mass is 258 g/mol. The van der Waals surface area contributed by atoms with E-state index in [0.29, 0.717) is 5.56 Å². The summed E-state index contributed by atoms with van der Waals surface area (Å²) < 4.78 is 44.5. The van der Waals surface area contributed by atoms with Crippen LogP contribution in [0.2, 0.25) is 0 Å². The fraction of sp³-hybridized carbons (Fsp3) is 0.571. The molecule has 1 aromatic rings. The van der Waals surface area contributed by atoms with Crippen molar-refractivity contribution in [2.24, 2.45) is 0 Å². The summed E-state index contributed by atoms with van der Waals surface area (Å²) in [6.07, 6.45) is -2.73. The van der Waals surface area contributed by atoms with E-state index in [9.17, 15) is 13.2 Å². The average molecular weight is 258 g/mol. The average Bonchev–Trinajstić information content (AvgIpc) is 2.98. The van der Waals surface area contributed by atoms with Crippen molar-refractivity contribution in [1.82, 2.24) is 0 Å². The van der Waals surface area contributed by atoms with Crippen LogP contribution < -0.4 is 4.74 Å². The van der Waals surface area contributed by atoms with Crippen LogP contribution in [0.3, 0.4) is 0 Å². The Bertz CT molecular complexity index is 407. The van der Waals surface area contributed by atoms with Crippen molar-refractivity contribution >= 4 is 0 Å². The summed E-state index contributed by atoms with van der Waals surface area (Å²) in [5.41, 5.74) is -0.420. The molecule has 1 aliphatic rings. The quantitative estimate of drug-likeness (QED) is 0.756. The normalized spacial score (nSPS) is 16.8. The topological polar surface area (TPSA) is 9.23 Å². The molecule has 2 rings (SSSR count). The minimum Gasteiger partial charge on any atom is -0.489 e. The Morgan fingerprint density at radius 2 is 1.61 bits per heavy atom. The number of benzene rings is 1. The van der Waals surface area contributed by atoms with Crippen LogP contribution >= 0.6 is 0 Å². The molecule has 100 valence electrons. The number of rotatable bonds is 2. The van der Waals surface area contributed by atoms with E-state index >= 15 is 0 Å².